The first-order chi connectivity index (χ1) is 19.9. The first-order valence-corrected chi connectivity index (χ1v) is 14.0. The van der Waals surface area contributed by atoms with Gasteiger partial charge in [0, 0.05) is 38.9 Å². The number of aromatic nitrogens is 1. The van der Waals surface area contributed by atoms with E-state index < -0.39 is 0 Å². The summed E-state index contributed by atoms with van der Waals surface area (Å²) >= 11 is 0. The molecule has 2 heteroatoms. The fourth-order valence-corrected chi connectivity index (χ4v) is 6.44. The lowest BCUT2D eigenvalue weighted by molar-refractivity contribution is 0.997. The van der Waals surface area contributed by atoms with Crippen LogP contribution in [0.2, 0.25) is 0 Å². The molecule has 6 aromatic carbocycles. The highest BCUT2D eigenvalue weighted by molar-refractivity contribution is 6.32. The van der Waals surface area contributed by atoms with Crippen molar-refractivity contribution in [1.29, 1.82) is 0 Å². The average molecular weight is 513 g/mol. The number of para-hydroxylation sites is 2. The summed E-state index contributed by atoms with van der Waals surface area (Å²) in [6, 6.07) is 46.2. The van der Waals surface area contributed by atoms with E-state index in [0.717, 1.165) is 12.8 Å². The number of anilines is 2. The molecule has 0 saturated heterocycles. The zero-order chi connectivity index (χ0) is 26.5. The van der Waals surface area contributed by atoms with Crippen LogP contribution in [-0.4, -0.2) is 4.57 Å². The molecule has 0 N–H and O–H groups in total. The van der Waals surface area contributed by atoms with Crippen molar-refractivity contribution in [3.8, 4) is 5.69 Å². The van der Waals surface area contributed by atoms with Gasteiger partial charge in [-0.15, -0.1) is 0 Å². The summed E-state index contributed by atoms with van der Waals surface area (Å²) in [7, 11) is 0. The van der Waals surface area contributed by atoms with Crippen molar-refractivity contribution >= 4 is 54.7 Å². The third-order valence-corrected chi connectivity index (χ3v) is 8.14. The predicted molar refractivity (Wildman–Crippen MR) is 171 cm³/mol. The summed E-state index contributed by atoms with van der Waals surface area (Å²) in [6.45, 7) is 0. The molecular weight excluding hydrogens is 484 g/mol. The maximum atomic E-state index is 2.45. The molecule has 8 rings (SSSR count). The van der Waals surface area contributed by atoms with E-state index in [0.29, 0.717) is 0 Å². The molecule has 0 radical (unpaired) electrons. The molecule has 40 heavy (non-hydrogen) atoms. The second-order valence-corrected chi connectivity index (χ2v) is 10.5. The van der Waals surface area contributed by atoms with Gasteiger partial charge in [0.2, 0.25) is 0 Å². The van der Waals surface area contributed by atoms with Crippen LogP contribution in [-0.2, 0) is 0 Å². The third-order valence-electron chi connectivity index (χ3n) is 8.14. The molecule has 7 aromatic rings. The standard InChI is InChI=1S/C38H28N2/c1-4-14-27(15-5-1)39(28-16-6-2-7-17-28)30-24-25-36-35(26-30)37-33-22-12-10-20-31(33)32-21-11-13-23-34(32)38(37)40(36)29-18-8-3-9-19-29/h1,3-6,8-26H,2,7H2. The second-order valence-electron chi connectivity index (χ2n) is 10.5. The highest BCUT2D eigenvalue weighted by atomic mass is 15.1. The van der Waals surface area contributed by atoms with Gasteiger partial charge in [-0.3, -0.25) is 0 Å². The van der Waals surface area contributed by atoms with Crippen LogP contribution in [0.15, 0.2) is 151 Å². The molecule has 0 bridgehead atoms. The lowest BCUT2D eigenvalue weighted by atomic mass is 9.96. The first-order valence-electron chi connectivity index (χ1n) is 14.0. The zero-order valence-corrected chi connectivity index (χ0v) is 22.2. The minimum Gasteiger partial charge on any atom is -0.311 e. The molecule has 1 heterocycles. The number of rotatable bonds is 4. The van der Waals surface area contributed by atoms with Crippen LogP contribution >= 0.6 is 0 Å². The molecule has 190 valence electrons. The van der Waals surface area contributed by atoms with Gasteiger partial charge in [-0.25, -0.2) is 0 Å². The Morgan fingerprint density at radius 2 is 1.18 bits per heavy atom. The van der Waals surface area contributed by atoms with Crippen LogP contribution in [0.25, 0.3) is 49.0 Å². The predicted octanol–water partition coefficient (Wildman–Crippen LogP) is 10.5. The summed E-state index contributed by atoms with van der Waals surface area (Å²) in [4.78, 5) is 2.39. The average Bonchev–Trinajstić information content (AvgIpc) is 3.38. The van der Waals surface area contributed by atoms with Crippen molar-refractivity contribution in [3.05, 3.63) is 151 Å². The van der Waals surface area contributed by atoms with Crippen LogP contribution in [0.3, 0.4) is 0 Å². The van der Waals surface area contributed by atoms with Gasteiger partial charge >= 0.3 is 0 Å². The summed E-state index contributed by atoms with van der Waals surface area (Å²) in [5.74, 6) is 0. The van der Waals surface area contributed by atoms with Gasteiger partial charge < -0.3 is 9.47 Å². The largest absolute Gasteiger partial charge is 0.311 e. The number of hydrogen-bond acceptors (Lipinski definition) is 1. The van der Waals surface area contributed by atoms with E-state index in [1.165, 1.54) is 66.1 Å². The second kappa shape index (κ2) is 9.29. The van der Waals surface area contributed by atoms with Crippen molar-refractivity contribution in [2.24, 2.45) is 0 Å². The molecule has 1 aliphatic carbocycles. The fraction of sp³-hybridized carbons (Fsp3) is 0.0526. The topological polar surface area (TPSA) is 8.17 Å². The van der Waals surface area contributed by atoms with Crippen LogP contribution in [0.4, 0.5) is 11.4 Å². The molecule has 0 aliphatic heterocycles. The Morgan fingerprint density at radius 3 is 1.90 bits per heavy atom. The Kier molecular flexibility index (Phi) is 5.31. The van der Waals surface area contributed by atoms with Crippen molar-refractivity contribution in [2.75, 3.05) is 4.90 Å². The Morgan fingerprint density at radius 1 is 0.525 bits per heavy atom. The normalized spacial score (nSPS) is 13.3. The fourth-order valence-electron chi connectivity index (χ4n) is 6.44. The van der Waals surface area contributed by atoms with Crippen LogP contribution in [0, 0.1) is 0 Å². The van der Waals surface area contributed by atoms with Crippen molar-refractivity contribution in [2.45, 2.75) is 12.8 Å². The van der Waals surface area contributed by atoms with Crippen molar-refractivity contribution in [3.63, 3.8) is 0 Å². The number of hydrogen-bond donors (Lipinski definition) is 0. The van der Waals surface area contributed by atoms with Gasteiger partial charge in [0.25, 0.3) is 0 Å². The van der Waals surface area contributed by atoms with Gasteiger partial charge in [0.05, 0.1) is 11.0 Å². The Balaban J connectivity index is 1.53. The van der Waals surface area contributed by atoms with Crippen molar-refractivity contribution in [1.82, 2.24) is 4.57 Å². The Hall–Kier alpha value is -5.08. The van der Waals surface area contributed by atoms with E-state index >= 15 is 0 Å². The summed E-state index contributed by atoms with van der Waals surface area (Å²) < 4.78 is 2.45. The van der Waals surface area contributed by atoms with E-state index in [1.807, 2.05) is 0 Å². The lowest BCUT2D eigenvalue weighted by Gasteiger charge is -2.27. The smallest absolute Gasteiger partial charge is 0.0625 e. The van der Waals surface area contributed by atoms with Gasteiger partial charge in [-0.05, 0) is 77.5 Å². The molecule has 0 unspecified atom stereocenters. The molecule has 0 spiro atoms. The van der Waals surface area contributed by atoms with Crippen molar-refractivity contribution < 1.29 is 0 Å². The summed E-state index contributed by atoms with van der Waals surface area (Å²) in [5, 5.41) is 7.71. The monoisotopic (exact) mass is 512 g/mol. The van der Waals surface area contributed by atoms with E-state index in [2.05, 4.69) is 155 Å². The van der Waals surface area contributed by atoms with Crippen LogP contribution in [0.5, 0.6) is 0 Å². The maximum Gasteiger partial charge on any atom is 0.0625 e. The molecule has 0 amide bonds. The first kappa shape index (κ1) is 22.9. The third kappa shape index (κ3) is 3.50. The summed E-state index contributed by atoms with van der Waals surface area (Å²) in [5.41, 5.74) is 7.21. The van der Waals surface area contributed by atoms with Crippen LogP contribution < -0.4 is 4.90 Å². The number of nitrogens with zero attached hydrogens (tertiary/aromatic N) is 2. The van der Waals surface area contributed by atoms with E-state index in [1.54, 1.807) is 0 Å². The molecule has 0 fully saturated rings. The van der Waals surface area contributed by atoms with Crippen LogP contribution in [0.1, 0.15) is 12.8 Å². The molecule has 1 aliphatic rings. The van der Waals surface area contributed by atoms with Gasteiger partial charge in [0.1, 0.15) is 0 Å². The Bertz CT molecular complexity index is 2100. The number of fused-ring (bicyclic) bond motifs is 8. The molecule has 0 atom stereocenters. The quantitative estimate of drug-likeness (QED) is 0.213. The van der Waals surface area contributed by atoms with Gasteiger partial charge in [-0.1, -0.05) is 97.1 Å². The molecule has 0 saturated carbocycles. The summed E-state index contributed by atoms with van der Waals surface area (Å²) in [6.07, 6.45) is 9.05. The highest BCUT2D eigenvalue weighted by Gasteiger charge is 2.21. The van der Waals surface area contributed by atoms with Gasteiger partial charge in [-0.2, -0.15) is 0 Å². The highest BCUT2D eigenvalue weighted by Crippen LogP contribution is 2.44. The number of allylic oxidation sites excluding steroid dienone is 3. The molecular formula is C38H28N2. The van der Waals surface area contributed by atoms with E-state index in [4.69, 9.17) is 0 Å². The Labute approximate surface area is 233 Å². The lowest BCUT2D eigenvalue weighted by Crippen LogP contribution is -2.16. The van der Waals surface area contributed by atoms with E-state index in [-0.39, 0.29) is 0 Å². The minimum absolute atomic E-state index is 1.06. The maximum absolute atomic E-state index is 2.45. The molecule has 1 aromatic heterocycles. The number of benzene rings is 6. The van der Waals surface area contributed by atoms with E-state index in [9.17, 15) is 0 Å². The minimum atomic E-state index is 1.06. The van der Waals surface area contributed by atoms with Gasteiger partial charge in [0.15, 0.2) is 0 Å². The SMILES string of the molecule is C1=CC(N(c2ccccc2)c2ccc3c(c2)c2c4ccccc4c4ccccc4c2n3-c2ccccc2)=CCC1. The zero-order valence-electron chi connectivity index (χ0n) is 22.2. The molecule has 2 nitrogen and oxygen atoms in total.